The van der Waals surface area contributed by atoms with E-state index in [1.807, 2.05) is 30.3 Å². The normalized spacial score (nSPS) is 14.0. The van der Waals surface area contributed by atoms with E-state index in [-0.39, 0.29) is 0 Å². The van der Waals surface area contributed by atoms with Gasteiger partial charge in [0.1, 0.15) is 5.75 Å². The van der Waals surface area contributed by atoms with Gasteiger partial charge in [-0.3, -0.25) is 0 Å². The van der Waals surface area contributed by atoms with Crippen LogP contribution in [-0.4, -0.2) is 18.5 Å². The Kier molecular flexibility index (Phi) is 3.38. The first-order chi connectivity index (χ1) is 7.84. The maximum Gasteiger partial charge on any atom is 0.387 e. The number of amides is 2. The molecule has 5 nitrogen and oxygen atoms in total. The molecular formula is C11H11N3O2. The van der Waals surface area contributed by atoms with Crippen molar-refractivity contribution in [3.8, 4) is 5.75 Å². The van der Waals surface area contributed by atoms with Crippen molar-refractivity contribution < 1.29 is 9.53 Å². The third kappa shape index (κ3) is 2.98. The van der Waals surface area contributed by atoms with Gasteiger partial charge in [-0.25, -0.2) is 4.79 Å². The van der Waals surface area contributed by atoms with Gasteiger partial charge in [-0.2, -0.15) is 4.99 Å². The number of para-hydroxylation sites is 1. The molecule has 1 aromatic rings. The summed E-state index contributed by atoms with van der Waals surface area (Å²) in [6.45, 7) is 0.576. The molecule has 5 heteroatoms. The molecule has 0 fully saturated rings. The summed E-state index contributed by atoms with van der Waals surface area (Å²) >= 11 is 0. The summed E-state index contributed by atoms with van der Waals surface area (Å²) in [6.07, 6.45) is 1.38. The molecule has 82 valence electrons. The Morgan fingerprint density at radius 2 is 1.94 bits per heavy atom. The average Bonchev–Trinajstić information content (AvgIpc) is 2.72. The number of ether oxygens (including phenoxy) is 1. The van der Waals surface area contributed by atoms with Crippen molar-refractivity contribution in [3.63, 3.8) is 0 Å². The SMILES string of the molecule is O=C1N=NC(CCCOc2ccccc2)=N1. The van der Waals surface area contributed by atoms with E-state index in [1.54, 1.807) is 0 Å². The second-order valence-electron chi connectivity index (χ2n) is 3.28. The van der Waals surface area contributed by atoms with E-state index in [4.69, 9.17) is 4.74 Å². The van der Waals surface area contributed by atoms with E-state index in [0.717, 1.165) is 12.2 Å². The minimum atomic E-state index is -0.515. The van der Waals surface area contributed by atoms with Gasteiger partial charge < -0.3 is 4.74 Å². The largest absolute Gasteiger partial charge is 0.494 e. The predicted octanol–water partition coefficient (Wildman–Crippen LogP) is 2.83. The predicted molar refractivity (Wildman–Crippen MR) is 58.9 cm³/mol. The number of benzene rings is 1. The van der Waals surface area contributed by atoms with E-state index < -0.39 is 6.03 Å². The molecule has 0 radical (unpaired) electrons. The maximum absolute atomic E-state index is 10.6. The standard InChI is InChI=1S/C11H11N3O2/c15-11-12-10(13-14-11)7-4-8-16-9-5-2-1-3-6-9/h1-3,5-6H,4,7-8H2. The summed E-state index contributed by atoms with van der Waals surface area (Å²) in [5.74, 6) is 1.33. The van der Waals surface area contributed by atoms with Gasteiger partial charge in [0, 0.05) is 6.42 Å². The van der Waals surface area contributed by atoms with Gasteiger partial charge in [-0.05, 0) is 18.6 Å². The fraction of sp³-hybridized carbons (Fsp3) is 0.273. The number of rotatable bonds is 5. The monoisotopic (exact) mass is 217 g/mol. The molecule has 0 spiro atoms. The minimum absolute atomic E-state index is 0.488. The van der Waals surface area contributed by atoms with Crippen molar-refractivity contribution in [2.45, 2.75) is 12.8 Å². The van der Waals surface area contributed by atoms with Crippen molar-refractivity contribution in [1.82, 2.24) is 0 Å². The van der Waals surface area contributed by atoms with Crippen LogP contribution in [0.15, 0.2) is 45.6 Å². The van der Waals surface area contributed by atoms with Crippen molar-refractivity contribution in [3.05, 3.63) is 30.3 Å². The third-order valence-electron chi connectivity index (χ3n) is 2.03. The number of carbonyl (C=O) groups is 1. The van der Waals surface area contributed by atoms with Crippen molar-refractivity contribution in [1.29, 1.82) is 0 Å². The Morgan fingerprint density at radius 1 is 1.12 bits per heavy atom. The average molecular weight is 217 g/mol. The highest BCUT2D eigenvalue weighted by Crippen LogP contribution is 2.10. The Bertz CT molecular complexity index is 426. The number of amidine groups is 1. The first-order valence-corrected chi connectivity index (χ1v) is 5.06. The molecule has 2 amide bonds. The van der Waals surface area contributed by atoms with E-state index >= 15 is 0 Å². The fourth-order valence-corrected chi connectivity index (χ4v) is 1.30. The number of nitrogens with zero attached hydrogens (tertiary/aromatic N) is 3. The number of urea groups is 1. The molecule has 0 bridgehead atoms. The summed E-state index contributed by atoms with van der Waals surface area (Å²) in [5.41, 5.74) is 0. The van der Waals surface area contributed by atoms with Crippen molar-refractivity contribution >= 4 is 11.9 Å². The second kappa shape index (κ2) is 5.16. The smallest absolute Gasteiger partial charge is 0.387 e. The lowest BCUT2D eigenvalue weighted by Crippen LogP contribution is -2.00. The maximum atomic E-state index is 10.6. The molecule has 2 rings (SSSR count). The van der Waals surface area contributed by atoms with Crippen LogP contribution >= 0.6 is 0 Å². The van der Waals surface area contributed by atoms with E-state index in [1.165, 1.54) is 0 Å². The Hall–Kier alpha value is -2.04. The first kappa shape index (κ1) is 10.5. The summed E-state index contributed by atoms with van der Waals surface area (Å²) in [6, 6.07) is 9.06. The van der Waals surface area contributed by atoms with Crippen LogP contribution < -0.4 is 4.74 Å². The quantitative estimate of drug-likeness (QED) is 0.712. The topological polar surface area (TPSA) is 63.4 Å². The Labute approximate surface area is 92.9 Å². The molecule has 0 saturated heterocycles. The van der Waals surface area contributed by atoms with Gasteiger partial charge >= 0.3 is 6.03 Å². The third-order valence-corrected chi connectivity index (χ3v) is 2.03. The van der Waals surface area contributed by atoms with Crippen molar-refractivity contribution in [2.24, 2.45) is 15.2 Å². The van der Waals surface area contributed by atoms with Crippen LogP contribution in [0.25, 0.3) is 0 Å². The van der Waals surface area contributed by atoms with Crippen LogP contribution in [0.5, 0.6) is 5.75 Å². The highest BCUT2D eigenvalue weighted by molar-refractivity contribution is 5.98. The summed E-state index contributed by atoms with van der Waals surface area (Å²) in [7, 11) is 0. The zero-order chi connectivity index (χ0) is 11.2. The van der Waals surface area contributed by atoms with Crippen LogP contribution in [0.1, 0.15) is 12.8 Å². The molecule has 1 aliphatic heterocycles. The van der Waals surface area contributed by atoms with Gasteiger partial charge in [0.15, 0.2) is 5.84 Å². The molecule has 0 atom stereocenters. The zero-order valence-electron chi connectivity index (χ0n) is 8.67. The summed E-state index contributed by atoms with van der Waals surface area (Å²) < 4.78 is 5.48. The first-order valence-electron chi connectivity index (χ1n) is 5.06. The van der Waals surface area contributed by atoms with Crippen LogP contribution in [0.4, 0.5) is 4.79 Å². The van der Waals surface area contributed by atoms with Gasteiger partial charge in [0.25, 0.3) is 0 Å². The number of carbonyl (C=O) groups excluding carboxylic acids is 1. The molecule has 0 aliphatic carbocycles. The minimum Gasteiger partial charge on any atom is -0.494 e. The number of azo groups is 1. The zero-order valence-corrected chi connectivity index (χ0v) is 8.67. The molecule has 0 aromatic heterocycles. The van der Waals surface area contributed by atoms with Crippen molar-refractivity contribution in [2.75, 3.05) is 6.61 Å². The molecule has 1 heterocycles. The van der Waals surface area contributed by atoms with Crippen LogP contribution in [0.3, 0.4) is 0 Å². The number of aliphatic imine (C=N–C) groups is 1. The van der Waals surface area contributed by atoms with E-state index in [2.05, 4.69) is 15.2 Å². The van der Waals surface area contributed by atoms with Gasteiger partial charge in [-0.1, -0.05) is 23.3 Å². The van der Waals surface area contributed by atoms with Gasteiger partial charge in [-0.15, -0.1) is 5.11 Å². The number of hydrogen-bond donors (Lipinski definition) is 0. The molecule has 0 unspecified atom stereocenters. The highest BCUT2D eigenvalue weighted by atomic mass is 16.5. The molecule has 0 N–H and O–H groups in total. The van der Waals surface area contributed by atoms with Gasteiger partial charge in [0.05, 0.1) is 6.61 Å². The second-order valence-corrected chi connectivity index (χ2v) is 3.28. The van der Waals surface area contributed by atoms with E-state index in [9.17, 15) is 4.79 Å². The number of hydrogen-bond acceptors (Lipinski definition) is 3. The van der Waals surface area contributed by atoms with Crippen LogP contribution in [0, 0.1) is 0 Å². The highest BCUT2D eigenvalue weighted by Gasteiger charge is 2.08. The van der Waals surface area contributed by atoms with Crippen LogP contribution in [-0.2, 0) is 0 Å². The molecule has 1 aromatic carbocycles. The Balaban J connectivity index is 1.68. The van der Waals surface area contributed by atoms with Crippen LogP contribution in [0.2, 0.25) is 0 Å². The van der Waals surface area contributed by atoms with Gasteiger partial charge in [0.2, 0.25) is 0 Å². The summed E-state index contributed by atoms with van der Waals surface area (Å²) in [4.78, 5) is 14.3. The lowest BCUT2D eigenvalue weighted by atomic mass is 10.3. The molecule has 16 heavy (non-hydrogen) atoms. The lowest BCUT2D eigenvalue weighted by molar-refractivity contribution is 0.257. The lowest BCUT2D eigenvalue weighted by Gasteiger charge is -2.04. The summed E-state index contributed by atoms with van der Waals surface area (Å²) in [5, 5.41) is 6.93. The van der Waals surface area contributed by atoms with E-state index in [0.29, 0.717) is 18.9 Å². The Morgan fingerprint density at radius 3 is 2.62 bits per heavy atom. The fourth-order valence-electron chi connectivity index (χ4n) is 1.30. The molecule has 1 aliphatic rings. The molecular weight excluding hydrogens is 206 g/mol. The molecule has 0 saturated carbocycles.